The summed E-state index contributed by atoms with van der Waals surface area (Å²) in [4.78, 5) is 12.4. The summed E-state index contributed by atoms with van der Waals surface area (Å²) in [5.74, 6) is 1.07. The molecule has 3 aromatic rings. The van der Waals surface area contributed by atoms with Crippen LogP contribution in [0.1, 0.15) is 15.9 Å². The Bertz CT molecular complexity index is 922. The van der Waals surface area contributed by atoms with E-state index in [2.05, 4.69) is 16.7 Å². The quantitative estimate of drug-likeness (QED) is 0.525. The maximum absolute atomic E-state index is 12.4. The summed E-state index contributed by atoms with van der Waals surface area (Å²) < 4.78 is 12.5. The Morgan fingerprint density at radius 1 is 1.04 bits per heavy atom. The molecule has 1 aromatic heterocycles. The summed E-state index contributed by atoms with van der Waals surface area (Å²) in [7, 11) is 5.12. The summed E-state index contributed by atoms with van der Waals surface area (Å²) in [6.45, 7) is 0. The van der Waals surface area contributed by atoms with Crippen molar-refractivity contribution >= 4 is 22.8 Å². The first-order valence-electron chi connectivity index (χ1n) is 7.62. The maximum Gasteiger partial charge on any atom is 0.185 e. The Labute approximate surface area is 140 Å². The second-order valence-electron chi connectivity index (χ2n) is 5.48. The van der Waals surface area contributed by atoms with E-state index in [0.29, 0.717) is 17.1 Å². The van der Waals surface area contributed by atoms with E-state index in [1.807, 2.05) is 31.5 Å². The van der Waals surface area contributed by atoms with Gasteiger partial charge in [0.1, 0.15) is 0 Å². The zero-order valence-corrected chi connectivity index (χ0v) is 13.9. The molecule has 0 fully saturated rings. The van der Waals surface area contributed by atoms with Crippen LogP contribution in [0.15, 0.2) is 54.7 Å². The number of allylic oxidation sites excluding steroid dienone is 1. The van der Waals surface area contributed by atoms with Crippen LogP contribution in [0.4, 0.5) is 0 Å². The van der Waals surface area contributed by atoms with E-state index in [-0.39, 0.29) is 5.78 Å². The fourth-order valence-electron chi connectivity index (χ4n) is 2.76. The largest absolute Gasteiger partial charge is 0.493 e. The molecule has 0 N–H and O–H groups in total. The molecule has 24 heavy (non-hydrogen) atoms. The number of hydrogen-bond donors (Lipinski definition) is 0. The van der Waals surface area contributed by atoms with E-state index in [4.69, 9.17) is 9.47 Å². The summed E-state index contributed by atoms with van der Waals surface area (Å²) in [6, 6.07) is 13.3. The monoisotopic (exact) mass is 321 g/mol. The van der Waals surface area contributed by atoms with Gasteiger partial charge in [-0.05, 0) is 36.4 Å². The van der Waals surface area contributed by atoms with Crippen molar-refractivity contribution in [2.24, 2.45) is 7.05 Å². The third kappa shape index (κ3) is 2.91. The Kier molecular flexibility index (Phi) is 4.38. The minimum atomic E-state index is -0.0797. The van der Waals surface area contributed by atoms with Crippen molar-refractivity contribution in [1.82, 2.24) is 4.57 Å². The Morgan fingerprint density at radius 3 is 2.54 bits per heavy atom. The van der Waals surface area contributed by atoms with Gasteiger partial charge in [0, 0.05) is 35.3 Å². The fraction of sp³-hybridized carbons (Fsp3) is 0.150. The average molecular weight is 321 g/mol. The number of aryl methyl sites for hydroxylation is 1. The van der Waals surface area contributed by atoms with Crippen molar-refractivity contribution in [2.75, 3.05) is 14.2 Å². The summed E-state index contributed by atoms with van der Waals surface area (Å²) in [6.07, 6.45) is 5.45. The summed E-state index contributed by atoms with van der Waals surface area (Å²) in [5.41, 5.74) is 2.71. The molecule has 0 aliphatic carbocycles. The molecule has 0 unspecified atom stereocenters. The predicted molar refractivity (Wildman–Crippen MR) is 95.8 cm³/mol. The lowest BCUT2D eigenvalue weighted by atomic mass is 10.1. The molecule has 0 saturated carbocycles. The van der Waals surface area contributed by atoms with E-state index in [1.165, 1.54) is 0 Å². The van der Waals surface area contributed by atoms with Crippen LogP contribution in [0, 0.1) is 0 Å². The van der Waals surface area contributed by atoms with Crippen LogP contribution in [0.3, 0.4) is 0 Å². The number of aromatic nitrogens is 1. The molecule has 3 rings (SSSR count). The predicted octanol–water partition coefficient (Wildman–Crippen LogP) is 4.09. The van der Waals surface area contributed by atoms with Gasteiger partial charge in [0.15, 0.2) is 17.3 Å². The van der Waals surface area contributed by atoms with Gasteiger partial charge >= 0.3 is 0 Å². The van der Waals surface area contributed by atoms with E-state index >= 15 is 0 Å². The van der Waals surface area contributed by atoms with Crippen molar-refractivity contribution in [3.63, 3.8) is 0 Å². The highest BCUT2D eigenvalue weighted by molar-refractivity contribution is 6.08. The molecule has 122 valence electrons. The Morgan fingerprint density at radius 2 is 1.79 bits per heavy atom. The normalized spacial score (nSPS) is 11.1. The first-order chi connectivity index (χ1) is 11.6. The number of carbonyl (C=O) groups is 1. The van der Waals surface area contributed by atoms with Gasteiger partial charge in [-0.25, -0.2) is 0 Å². The molecule has 0 amide bonds. The van der Waals surface area contributed by atoms with Gasteiger partial charge in [-0.15, -0.1) is 0 Å². The number of ether oxygens (including phenoxy) is 2. The van der Waals surface area contributed by atoms with E-state index in [1.54, 1.807) is 38.5 Å². The van der Waals surface area contributed by atoms with Gasteiger partial charge in [-0.2, -0.15) is 0 Å². The highest BCUT2D eigenvalue weighted by Crippen LogP contribution is 2.28. The SMILES string of the molecule is COc1ccc(C(=O)/C=C/c2cn(C)c3ccccc23)cc1OC. The Balaban J connectivity index is 1.90. The van der Waals surface area contributed by atoms with Crippen LogP contribution in [0.2, 0.25) is 0 Å². The molecule has 0 bridgehead atoms. The first-order valence-corrected chi connectivity index (χ1v) is 7.62. The number of rotatable bonds is 5. The molecule has 0 atom stereocenters. The number of carbonyl (C=O) groups excluding carboxylic acids is 1. The molecule has 0 saturated heterocycles. The molecule has 0 spiro atoms. The number of fused-ring (bicyclic) bond motifs is 1. The van der Waals surface area contributed by atoms with Gasteiger partial charge in [0.05, 0.1) is 14.2 Å². The number of methoxy groups -OCH3 is 2. The molecule has 0 aliphatic heterocycles. The molecule has 2 aromatic carbocycles. The number of ketones is 1. The molecule has 4 nitrogen and oxygen atoms in total. The molecular weight excluding hydrogens is 302 g/mol. The minimum Gasteiger partial charge on any atom is -0.493 e. The molecule has 0 radical (unpaired) electrons. The van der Waals surface area contributed by atoms with Crippen LogP contribution in [-0.2, 0) is 7.05 Å². The van der Waals surface area contributed by atoms with Crippen molar-refractivity contribution < 1.29 is 14.3 Å². The Hall–Kier alpha value is -3.01. The van der Waals surface area contributed by atoms with Gasteiger partial charge < -0.3 is 14.0 Å². The third-order valence-electron chi connectivity index (χ3n) is 4.01. The number of benzene rings is 2. The molecule has 4 heteroatoms. The second kappa shape index (κ2) is 6.62. The highest BCUT2D eigenvalue weighted by atomic mass is 16.5. The van der Waals surface area contributed by atoms with Gasteiger partial charge in [-0.3, -0.25) is 4.79 Å². The molecular formula is C20H19NO3. The smallest absolute Gasteiger partial charge is 0.185 e. The average Bonchev–Trinajstić information content (AvgIpc) is 2.95. The lowest BCUT2D eigenvalue weighted by molar-refractivity contribution is 0.104. The molecule has 0 aliphatic rings. The topological polar surface area (TPSA) is 40.5 Å². The summed E-state index contributed by atoms with van der Waals surface area (Å²) in [5, 5.41) is 1.12. The fourth-order valence-corrected chi connectivity index (χ4v) is 2.76. The lowest BCUT2D eigenvalue weighted by Gasteiger charge is -2.07. The first kappa shape index (κ1) is 15.9. The van der Waals surface area contributed by atoms with E-state index < -0.39 is 0 Å². The lowest BCUT2D eigenvalue weighted by Crippen LogP contribution is -1.97. The van der Waals surface area contributed by atoms with Crippen molar-refractivity contribution in [1.29, 1.82) is 0 Å². The maximum atomic E-state index is 12.4. The second-order valence-corrected chi connectivity index (χ2v) is 5.48. The standard InChI is InChI=1S/C20H19NO3/c1-21-13-15(16-6-4-5-7-17(16)21)8-10-18(22)14-9-11-19(23-2)20(12-14)24-3/h4-13H,1-3H3/b10-8+. The van der Waals surface area contributed by atoms with Crippen molar-refractivity contribution in [2.45, 2.75) is 0 Å². The minimum absolute atomic E-state index is 0.0797. The number of hydrogen-bond acceptors (Lipinski definition) is 3. The summed E-state index contributed by atoms with van der Waals surface area (Å²) >= 11 is 0. The van der Waals surface area contributed by atoms with Crippen molar-refractivity contribution in [3.8, 4) is 11.5 Å². The number of para-hydroxylation sites is 1. The van der Waals surface area contributed by atoms with Gasteiger partial charge in [0.2, 0.25) is 0 Å². The zero-order valence-electron chi connectivity index (χ0n) is 13.9. The highest BCUT2D eigenvalue weighted by Gasteiger charge is 2.09. The van der Waals surface area contributed by atoms with Crippen molar-refractivity contribution in [3.05, 3.63) is 65.9 Å². The van der Waals surface area contributed by atoms with Crippen LogP contribution < -0.4 is 9.47 Å². The van der Waals surface area contributed by atoms with Gasteiger partial charge in [-0.1, -0.05) is 18.2 Å². The van der Waals surface area contributed by atoms with Crippen LogP contribution in [0.5, 0.6) is 11.5 Å². The van der Waals surface area contributed by atoms with Crippen LogP contribution in [0.25, 0.3) is 17.0 Å². The van der Waals surface area contributed by atoms with Crippen LogP contribution >= 0.6 is 0 Å². The molecule has 1 heterocycles. The third-order valence-corrected chi connectivity index (χ3v) is 4.01. The number of nitrogens with zero attached hydrogens (tertiary/aromatic N) is 1. The van der Waals surface area contributed by atoms with Gasteiger partial charge in [0.25, 0.3) is 0 Å². The van der Waals surface area contributed by atoms with E-state index in [0.717, 1.165) is 16.5 Å². The van der Waals surface area contributed by atoms with E-state index in [9.17, 15) is 4.79 Å². The zero-order chi connectivity index (χ0) is 17.1. The van der Waals surface area contributed by atoms with Crippen LogP contribution in [-0.4, -0.2) is 24.6 Å².